The fourth-order valence-corrected chi connectivity index (χ4v) is 6.58. The summed E-state index contributed by atoms with van der Waals surface area (Å²) in [5, 5.41) is 85.9. The van der Waals surface area contributed by atoms with Gasteiger partial charge in [0.2, 0.25) is 5.91 Å². The standard InChI is InChI=1S/C38H71NO13/c1-3-5-7-9-11-12-13-14-15-16-18-20-22-30(43)39-26(27(42)21-19-17-10-8-6-4-2)25-49-37-35(48)33(46)36(29(24-41)51-37)52-38-34(47)32(45)31(44)28(23-40)50-38/h11-12,26-29,31-38,40-42,44-48H,3-10,13-25H2,1-2H3,(H,39,43)/b12-11-. The third-order valence-corrected chi connectivity index (χ3v) is 9.98. The molecule has 14 nitrogen and oxygen atoms in total. The van der Waals surface area contributed by atoms with E-state index >= 15 is 0 Å². The Morgan fingerprint density at radius 3 is 1.87 bits per heavy atom. The van der Waals surface area contributed by atoms with E-state index in [0.29, 0.717) is 19.3 Å². The third-order valence-electron chi connectivity index (χ3n) is 9.98. The number of aliphatic hydroxyl groups is 8. The van der Waals surface area contributed by atoms with Crippen LogP contribution in [0.1, 0.15) is 129 Å². The normalized spacial score (nSPS) is 30.8. The summed E-state index contributed by atoms with van der Waals surface area (Å²) in [6.07, 6.45) is 5.61. The van der Waals surface area contributed by atoms with Crippen molar-refractivity contribution in [3.8, 4) is 0 Å². The van der Waals surface area contributed by atoms with Crippen molar-refractivity contribution >= 4 is 5.91 Å². The Kier molecular flexibility index (Phi) is 24.6. The van der Waals surface area contributed by atoms with E-state index < -0.39 is 86.8 Å². The van der Waals surface area contributed by atoms with E-state index in [1.807, 2.05) is 0 Å². The van der Waals surface area contributed by atoms with Gasteiger partial charge in [0.05, 0.1) is 32.0 Å². The lowest BCUT2D eigenvalue weighted by molar-refractivity contribution is -0.359. The minimum Gasteiger partial charge on any atom is -0.394 e. The molecule has 0 aromatic rings. The summed E-state index contributed by atoms with van der Waals surface area (Å²) in [5.41, 5.74) is 0. The number of ether oxygens (including phenoxy) is 4. The van der Waals surface area contributed by atoms with Crippen molar-refractivity contribution in [1.82, 2.24) is 5.32 Å². The molecule has 0 aromatic carbocycles. The first-order valence-electron chi connectivity index (χ1n) is 19.9. The fourth-order valence-electron chi connectivity index (χ4n) is 6.58. The summed E-state index contributed by atoms with van der Waals surface area (Å²) in [6, 6.07) is -0.823. The molecule has 0 radical (unpaired) electrons. The molecule has 12 atom stereocenters. The van der Waals surface area contributed by atoms with Crippen LogP contribution in [0.25, 0.3) is 0 Å². The van der Waals surface area contributed by atoms with Crippen LogP contribution >= 0.6 is 0 Å². The van der Waals surface area contributed by atoms with Crippen LogP contribution in [0.4, 0.5) is 0 Å². The zero-order valence-corrected chi connectivity index (χ0v) is 31.6. The summed E-state index contributed by atoms with van der Waals surface area (Å²) in [7, 11) is 0. The summed E-state index contributed by atoms with van der Waals surface area (Å²) in [4.78, 5) is 13.0. The fraction of sp³-hybridized carbons (Fsp3) is 0.921. The zero-order chi connectivity index (χ0) is 38.3. The average Bonchev–Trinajstić information content (AvgIpc) is 3.14. The minimum absolute atomic E-state index is 0.225. The van der Waals surface area contributed by atoms with Crippen LogP contribution in [0.2, 0.25) is 0 Å². The van der Waals surface area contributed by atoms with Gasteiger partial charge in [-0.25, -0.2) is 0 Å². The Bertz CT molecular complexity index is 941. The lowest BCUT2D eigenvalue weighted by Crippen LogP contribution is -2.65. The van der Waals surface area contributed by atoms with Gasteiger partial charge in [-0.05, 0) is 38.5 Å². The molecule has 0 aliphatic carbocycles. The molecule has 0 spiro atoms. The van der Waals surface area contributed by atoms with Gasteiger partial charge in [0, 0.05) is 6.42 Å². The molecular formula is C38H71NO13. The molecule has 52 heavy (non-hydrogen) atoms. The van der Waals surface area contributed by atoms with E-state index in [1.54, 1.807) is 0 Å². The lowest BCUT2D eigenvalue weighted by Gasteiger charge is -2.46. The number of nitrogens with one attached hydrogen (secondary N) is 1. The van der Waals surface area contributed by atoms with Crippen LogP contribution in [0.15, 0.2) is 12.2 Å². The molecule has 0 saturated carbocycles. The molecular weight excluding hydrogens is 678 g/mol. The second-order valence-corrected chi connectivity index (χ2v) is 14.4. The number of aliphatic hydroxyl groups excluding tert-OH is 8. The first kappa shape index (κ1) is 46.9. The Morgan fingerprint density at radius 1 is 0.673 bits per heavy atom. The number of amides is 1. The predicted molar refractivity (Wildman–Crippen MR) is 194 cm³/mol. The molecule has 14 heteroatoms. The van der Waals surface area contributed by atoms with Gasteiger partial charge in [0.15, 0.2) is 12.6 Å². The molecule has 2 rings (SSSR count). The van der Waals surface area contributed by atoms with E-state index in [4.69, 9.17) is 18.9 Å². The van der Waals surface area contributed by atoms with Crippen LogP contribution in [-0.4, -0.2) is 140 Å². The molecule has 2 aliphatic heterocycles. The summed E-state index contributed by atoms with van der Waals surface area (Å²) < 4.78 is 22.5. The zero-order valence-electron chi connectivity index (χ0n) is 31.6. The second kappa shape index (κ2) is 27.3. The molecule has 306 valence electrons. The van der Waals surface area contributed by atoms with Crippen molar-refractivity contribution < 1.29 is 64.6 Å². The smallest absolute Gasteiger partial charge is 0.220 e. The maximum absolute atomic E-state index is 13.0. The maximum Gasteiger partial charge on any atom is 0.220 e. The highest BCUT2D eigenvalue weighted by atomic mass is 16.7. The third kappa shape index (κ3) is 16.6. The van der Waals surface area contributed by atoms with Gasteiger partial charge in [-0.15, -0.1) is 0 Å². The minimum atomic E-state index is -1.78. The van der Waals surface area contributed by atoms with Gasteiger partial charge in [-0.2, -0.15) is 0 Å². The average molecular weight is 750 g/mol. The second-order valence-electron chi connectivity index (χ2n) is 14.4. The van der Waals surface area contributed by atoms with E-state index in [-0.39, 0.29) is 12.5 Å². The van der Waals surface area contributed by atoms with Gasteiger partial charge < -0.3 is 65.1 Å². The van der Waals surface area contributed by atoms with Crippen LogP contribution in [0, 0.1) is 0 Å². The van der Waals surface area contributed by atoms with Crippen LogP contribution in [0.5, 0.6) is 0 Å². The molecule has 9 N–H and O–H groups in total. The lowest BCUT2D eigenvalue weighted by atomic mass is 9.97. The number of hydrogen-bond acceptors (Lipinski definition) is 13. The maximum atomic E-state index is 13.0. The van der Waals surface area contributed by atoms with Gasteiger partial charge >= 0.3 is 0 Å². The highest BCUT2D eigenvalue weighted by molar-refractivity contribution is 5.76. The highest BCUT2D eigenvalue weighted by Gasteiger charge is 2.50. The number of unbranched alkanes of at least 4 members (excludes halogenated alkanes) is 13. The monoisotopic (exact) mass is 749 g/mol. The molecule has 1 amide bonds. The number of carbonyl (C=O) groups excluding carboxylic acids is 1. The van der Waals surface area contributed by atoms with E-state index in [2.05, 4.69) is 31.3 Å². The topological polar surface area (TPSA) is 228 Å². The van der Waals surface area contributed by atoms with Gasteiger partial charge in [-0.1, -0.05) is 96.6 Å². The number of hydrogen-bond donors (Lipinski definition) is 9. The number of allylic oxidation sites excluding steroid dienone is 2. The molecule has 0 bridgehead atoms. The molecule has 12 unspecified atom stereocenters. The Hall–Kier alpha value is -1.27. The van der Waals surface area contributed by atoms with Crippen molar-refractivity contribution in [3.05, 3.63) is 12.2 Å². The van der Waals surface area contributed by atoms with Crippen molar-refractivity contribution in [3.63, 3.8) is 0 Å². The van der Waals surface area contributed by atoms with Crippen LogP contribution in [-0.2, 0) is 23.7 Å². The Labute approximate surface area is 310 Å². The first-order chi connectivity index (χ1) is 25.1. The number of carbonyl (C=O) groups is 1. The first-order valence-corrected chi connectivity index (χ1v) is 19.9. The predicted octanol–water partition coefficient (Wildman–Crippen LogP) is 2.09. The van der Waals surface area contributed by atoms with E-state index in [1.165, 1.54) is 19.3 Å². The van der Waals surface area contributed by atoms with E-state index in [9.17, 15) is 45.6 Å². The molecule has 2 aliphatic rings. The van der Waals surface area contributed by atoms with Crippen molar-refractivity contribution in [2.75, 3.05) is 19.8 Å². The summed E-state index contributed by atoms with van der Waals surface area (Å²) in [6.45, 7) is 2.70. The van der Waals surface area contributed by atoms with Crippen molar-refractivity contribution in [2.45, 2.75) is 203 Å². The largest absolute Gasteiger partial charge is 0.394 e. The summed E-state index contributed by atoms with van der Waals surface area (Å²) >= 11 is 0. The summed E-state index contributed by atoms with van der Waals surface area (Å²) in [5.74, 6) is -0.225. The van der Waals surface area contributed by atoms with Crippen LogP contribution < -0.4 is 5.32 Å². The van der Waals surface area contributed by atoms with Gasteiger partial charge in [-0.3, -0.25) is 4.79 Å². The highest BCUT2D eigenvalue weighted by Crippen LogP contribution is 2.30. The quantitative estimate of drug-likeness (QED) is 0.0413. The molecule has 0 aromatic heterocycles. The van der Waals surface area contributed by atoms with Gasteiger partial charge in [0.1, 0.15) is 48.8 Å². The molecule has 2 fully saturated rings. The number of rotatable bonds is 28. The Morgan fingerprint density at radius 2 is 1.21 bits per heavy atom. The van der Waals surface area contributed by atoms with Gasteiger partial charge in [0.25, 0.3) is 0 Å². The van der Waals surface area contributed by atoms with Crippen molar-refractivity contribution in [2.24, 2.45) is 0 Å². The molecule has 2 heterocycles. The van der Waals surface area contributed by atoms with Crippen molar-refractivity contribution in [1.29, 1.82) is 0 Å². The SMILES string of the molecule is CCCCC/C=C\CCCCCCCC(=O)NC(COC1OC(CO)C(OC2OC(CO)C(O)C(O)C2O)C(O)C1O)C(O)CCCCCCCC. The van der Waals surface area contributed by atoms with E-state index in [0.717, 1.165) is 77.0 Å². The Balaban J connectivity index is 1.91. The van der Waals surface area contributed by atoms with Crippen LogP contribution in [0.3, 0.4) is 0 Å². The molecule has 2 saturated heterocycles.